The Kier molecular flexibility index (Phi) is 6.00. The quantitative estimate of drug-likeness (QED) is 0.329. The minimum Gasteiger partial charge on any atom is -0.493 e. The lowest BCUT2D eigenvalue weighted by Crippen LogP contribution is -1.96. The van der Waals surface area contributed by atoms with E-state index in [1.807, 2.05) is 42.5 Å². The van der Waals surface area contributed by atoms with Gasteiger partial charge in [-0.2, -0.15) is 0 Å². The summed E-state index contributed by atoms with van der Waals surface area (Å²) in [6.07, 6.45) is 4.87. The number of hydrogen-bond acceptors (Lipinski definition) is 3. The molecule has 3 heteroatoms. The summed E-state index contributed by atoms with van der Waals surface area (Å²) in [4.78, 5) is 10.8. The van der Waals surface area contributed by atoms with Gasteiger partial charge >= 0.3 is 5.97 Å². The molecule has 0 unspecified atom stereocenters. The highest BCUT2D eigenvalue weighted by Gasteiger charge is 1.97. The zero-order valence-electron chi connectivity index (χ0n) is 12.3. The van der Waals surface area contributed by atoms with Gasteiger partial charge in [0, 0.05) is 12.5 Å². The lowest BCUT2D eigenvalue weighted by Gasteiger charge is -2.06. The van der Waals surface area contributed by atoms with Crippen LogP contribution in [0.25, 0.3) is 11.1 Å². The first kappa shape index (κ1) is 15.6. The second kappa shape index (κ2) is 8.47. The number of carbonyl (C=O) groups is 1. The zero-order chi connectivity index (χ0) is 15.6. The third-order valence-corrected chi connectivity index (χ3v) is 2.96. The highest BCUT2D eigenvalue weighted by Crippen LogP contribution is 2.22. The van der Waals surface area contributed by atoms with Crippen LogP contribution in [0.5, 0.6) is 5.75 Å². The van der Waals surface area contributed by atoms with Gasteiger partial charge in [0.2, 0.25) is 0 Å². The van der Waals surface area contributed by atoms with Crippen molar-refractivity contribution in [2.24, 2.45) is 0 Å². The van der Waals surface area contributed by atoms with Crippen molar-refractivity contribution in [3.8, 4) is 16.9 Å². The molecule has 0 spiro atoms. The molecule has 0 amide bonds. The molecule has 0 aromatic heterocycles. The van der Waals surface area contributed by atoms with Crippen molar-refractivity contribution in [3.05, 3.63) is 79.6 Å². The standard InChI is InChI=1S/C19H18O3/c1-2-19(20)22-15-7-6-14-21-18-12-10-17(11-13-18)16-8-4-3-5-9-16/h2-5,7-13,15H,1,6,14H2/b15-7+. The molecule has 0 bridgehead atoms. The first-order chi connectivity index (χ1) is 10.8. The van der Waals surface area contributed by atoms with E-state index in [1.54, 1.807) is 6.08 Å². The number of carbonyl (C=O) groups excluding carboxylic acids is 1. The zero-order valence-corrected chi connectivity index (χ0v) is 12.3. The third-order valence-electron chi connectivity index (χ3n) is 2.96. The summed E-state index contributed by atoms with van der Waals surface area (Å²) < 4.78 is 10.3. The van der Waals surface area contributed by atoms with Crippen LogP contribution in [0, 0.1) is 0 Å². The molecule has 0 atom stereocenters. The fourth-order valence-electron chi connectivity index (χ4n) is 1.85. The summed E-state index contributed by atoms with van der Waals surface area (Å²) in [6.45, 7) is 3.83. The van der Waals surface area contributed by atoms with E-state index in [0.717, 1.165) is 17.4 Å². The van der Waals surface area contributed by atoms with Gasteiger partial charge in [-0.05, 0) is 29.3 Å². The molecule has 0 saturated heterocycles. The molecule has 0 aliphatic carbocycles. The van der Waals surface area contributed by atoms with Crippen LogP contribution in [0.2, 0.25) is 0 Å². The maximum Gasteiger partial charge on any atom is 0.334 e. The van der Waals surface area contributed by atoms with Crippen molar-refractivity contribution in [2.75, 3.05) is 6.61 Å². The van der Waals surface area contributed by atoms with Crippen LogP contribution in [0.3, 0.4) is 0 Å². The number of benzene rings is 2. The Morgan fingerprint density at radius 1 is 1.00 bits per heavy atom. The van der Waals surface area contributed by atoms with Crippen LogP contribution >= 0.6 is 0 Å². The Balaban J connectivity index is 1.77. The first-order valence-electron chi connectivity index (χ1n) is 7.06. The van der Waals surface area contributed by atoms with Gasteiger partial charge in [0.1, 0.15) is 5.75 Å². The SMILES string of the molecule is C=CC(=O)O/C=C/CCOc1ccc(-c2ccccc2)cc1. The average Bonchev–Trinajstić information content (AvgIpc) is 2.59. The highest BCUT2D eigenvalue weighted by atomic mass is 16.5. The Morgan fingerprint density at radius 3 is 2.36 bits per heavy atom. The van der Waals surface area contributed by atoms with Crippen molar-refractivity contribution in [1.82, 2.24) is 0 Å². The predicted octanol–water partition coefficient (Wildman–Crippen LogP) is 4.37. The minimum atomic E-state index is -0.464. The summed E-state index contributed by atoms with van der Waals surface area (Å²) in [5.41, 5.74) is 2.34. The van der Waals surface area contributed by atoms with Gasteiger partial charge in [-0.25, -0.2) is 4.79 Å². The predicted molar refractivity (Wildman–Crippen MR) is 87.4 cm³/mol. The van der Waals surface area contributed by atoms with E-state index in [-0.39, 0.29) is 0 Å². The fraction of sp³-hybridized carbons (Fsp3) is 0.105. The van der Waals surface area contributed by atoms with Crippen LogP contribution in [0.15, 0.2) is 79.6 Å². The van der Waals surface area contributed by atoms with Crippen molar-refractivity contribution in [3.63, 3.8) is 0 Å². The average molecular weight is 294 g/mol. The lowest BCUT2D eigenvalue weighted by atomic mass is 10.1. The van der Waals surface area contributed by atoms with Gasteiger partial charge in [-0.3, -0.25) is 0 Å². The molecule has 0 heterocycles. The molecular weight excluding hydrogens is 276 g/mol. The number of esters is 1. The molecule has 22 heavy (non-hydrogen) atoms. The van der Waals surface area contributed by atoms with E-state index in [0.29, 0.717) is 13.0 Å². The largest absolute Gasteiger partial charge is 0.493 e. The molecule has 2 rings (SSSR count). The van der Waals surface area contributed by atoms with Gasteiger partial charge < -0.3 is 9.47 Å². The van der Waals surface area contributed by atoms with Crippen LogP contribution in [-0.2, 0) is 9.53 Å². The van der Waals surface area contributed by atoms with Gasteiger partial charge in [0.15, 0.2) is 0 Å². The number of rotatable bonds is 7. The Labute approximate surface area is 130 Å². The monoisotopic (exact) mass is 294 g/mol. The van der Waals surface area contributed by atoms with E-state index < -0.39 is 5.97 Å². The molecule has 2 aromatic carbocycles. The molecule has 2 aromatic rings. The number of hydrogen-bond donors (Lipinski definition) is 0. The molecule has 0 fully saturated rings. The van der Waals surface area contributed by atoms with Crippen molar-refractivity contribution < 1.29 is 14.3 Å². The lowest BCUT2D eigenvalue weighted by molar-refractivity contribution is -0.132. The van der Waals surface area contributed by atoms with Gasteiger partial charge in [0.05, 0.1) is 12.9 Å². The van der Waals surface area contributed by atoms with E-state index >= 15 is 0 Å². The summed E-state index contributed by atoms with van der Waals surface area (Å²) in [5, 5.41) is 0. The molecule has 3 nitrogen and oxygen atoms in total. The minimum absolute atomic E-state index is 0.464. The smallest absolute Gasteiger partial charge is 0.334 e. The second-order valence-corrected chi connectivity index (χ2v) is 4.54. The van der Waals surface area contributed by atoms with E-state index in [2.05, 4.69) is 18.7 Å². The Morgan fingerprint density at radius 2 is 1.68 bits per heavy atom. The molecule has 0 saturated carbocycles. The fourth-order valence-corrected chi connectivity index (χ4v) is 1.85. The van der Waals surface area contributed by atoms with Crippen molar-refractivity contribution >= 4 is 5.97 Å². The van der Waals surface area contributed by atoms with Crippen LogP contribution < -0.4 is 4.74 Å². The van der Waals surface area contributed by atoms with E-state index in [1.165, 1.54) is 11.8 Å². The third kappa shape index (κ3) is 4.94. The Bertz CT molecular complexity index is 627. The highest BCUT2D eigenvalue weighted by molar-refractivity contribution is 5.81. The topological polar surface area (TPSA) is 35.5 Å². The molecule has 0 aliphatic heterocycles. The molecule has 0 N–H and O–H groups in total. The Hall–Kier alpha value is -2.81. The molecule has 0 aliphatic rings. The van der Waals surface area contributed by atoms with Crippen LogP contribution in [0.4, 0.5) is 0 Å². The summed E-state index contributed by atoms with van der Waals surface area (Å²) in [6, 6.07) is 18.2. The van der Waals surface area contributed by atoms with Crippen molar-refractivity contribution in [1.29, 1.82) is 0 Å². The molecule has 0 radical (unpaired) electrons. The van der Waals surface area contributed by atoms with Crippen molar-refractivity contribution in [2.45, 2.75) is 6.42 Å². The summed E-state index contributed by atoms with van der Waals surface area (Å²) in [7, 11) is 0. The first-order valence-corrected chi connectivity index (χ1v) is 7.06. The van der Waals surface area contributed by atoms with E-state index in [9.17, 15) is 4.79 Å². The van der Waals surface area contributed by atoms with Gasteiger partial charge in [0.25, 0.3) is 0 Å². The number of ether oxygens (including phenoxy) is 2. The van der Waals surface area contributed by atoms with E-state index in [4.69, 9.17) is 9.47 Å². The summed E-state index contributed by atoms with van der Waals surface area (Å²) >= 11 is 0. The summed E-state index contributed by atoms with van der Waals surface area (Å²) in [5.74, 6) is 0.352. The molecule has 112 valence electrons. The van der Waals surface area contributed by atoms with Crippen LogP contribution in [-0.4, -0.2) is 12.6 Å². The normalized spacial score (nSPS) is 10.4. The van der Waals surface area contributed by atoms with Gasteiger partial charge in [-0.15, -0.1) is 0 Å². The maximum absolute atomic E-state index is 10.8. The molecular formula is C19H18O3. The van der Waals surface area contributed by atoms with Crippen LogP contribution in [0.1, 0.15) is 6.42 Å². The second-order valence-electron chi connectivity index (χ2n) is 4.54. The maximum atomic E-state index is 10.8. The van der Waals surface area contributed by atoms with Gasteiger partial charge in [-0.1, -0.05) is 49.0 Å².